The van der Waals surface area contributed by atoms with Crippen molar-refractivity contribution in [3.05, 3.63) is 57.6 Å². The highest BCUT2D eigenvalue weighted by molar-refractivity contribution is 5.45. The van der Waals surface area contributed by atoms with E-state index in [4.69, 9.17) is 18.9 Å². The summed E-state index contributed by atoms with van der Waals surface area (Å²) in [6.07, 6.45) is 2.04. The highest BCUT2D eigenvalue weighted by atomic mass is 16.5. The highest BCUT2D eigenvalue weighted by Crippen LogP contribution is 2.28. The number of nitrogens with zero attached hydrogens (tertiary/aromatic N) is 2. The molecule has 0 N–H and O–H groups in total. The van der Waals surface area contributed by atoms with E-state index in [1.165, 1.54) is 33.4 Å². The molecule has 2 aromatic carbocycles. The average molecular weight is 497 g/mol. The third-order valence-electron chi connectivity index (χ3n) is 7.26. The van der Waals surface area contributed by atoms with Crippen LogP contribution in [0, 0.1) is 27.7 Å². The zero-order valence-corrected chi connectivity index (χ0v) is 22.7. The fourth-order valence-corrected chi connectivity index (χ4v) is 5.32. The SMILES string of the molecule is Cc1cc(CCc2cc(C)c(OCCN3CCOCC3)c(C)c2)cc(C)c1OCCN1CCOCC1. The molecule has 0 radical (unpaired) electrons. The van der Waals surface area contributed by atoms with Crippen molar-refractivity contribution in [2.24, 2.45) is 0 Å². The second-order valence-corrected chi connectivity index (χ2v) is 10.2. The molecule has 6 nitrogen and oxygen atoms in total. The third kappa shape index (κ3) is 7.69. The molecule has 2 fully saturated rings. The van der Waals surface area contributed by atoms with Crippen LogP contribution in [0.5, 0.6) is 11.5 Å². The van der Waals surface area contributed by atoms with Crippen LogP contribution in [-0.2, 0) is 22.3 Å². The van der Waals surface area contributed by atoms with Gasteiger partial charge >= 0.3 is 0 Å². The first-order chi connectivity index (χ1) is 17.5. The Morgan fingerprint density at radius 3 is 1.25 bits per heavy atom. The first-order valence-corrected chi connectivity index (χ1v) is 13.6. The number of rotatable bonds is 11. The minimum atomic E-state index is 0.723. The van der Waals surface area contributed by atoms with Crippen molar-refractivity contribution in [3.63, 3.8) is 0 Å². The Kier molecular flexibility index (Phi) is 10.0. The first kappa shape index (κ1) is 26.9. The van der Waals surface area contributed by atoms with E-state index in [-0.39, 0.29) is 0 Å². The summed E-state index contributed by atoms with van der Waals surface area (Å²) >= 11 is 0. The largest absolute Gasteiger partial charge is 0.492 e. The molecule has 0 bridgehead atoms. The van der Waals surface area contributed by atoms with Crippen LogP contribution in [0.1, 0.15) is 33.4 Å². The van der Waals surface area contributed by atoms with E-state index >= 15 is 0 Å². The van der Waals surface area contributed by atoms with E-state index in [1.54, 1.807) is 0 Å². The minimum absolute atomic E-state index is 0.723. The Bertz CT molecular complexity index is 855. The molecule has 2 aromatic rings. The lowest BCUT2D eigenvalue weighted by Gasteiger charge is -2.26. The van der Waals surface area contributed by atoms with Crippen LogP contribution in [0.15, 0.2) is 24.3 Å². The van der Waals surface area contributed by atoms with Crippen molar-refractivity contribution < 1.29 is 18.9 Å². The summed E-state index contributed by atoms with van der Waals surface area (Å²) in [6, 6.07) is 9.17. The van der Waals surface area contributed by atoms with Gasteiger partial charge in [-0.15, -0.1) is 0 Å². The van der Waals surface area contributed by atoms with Crippen molar-refractivity contribution in [1.29, 1.82) is 0 Å². The predicted octanol–water partition coefficient (Wildman–Crippen LogP) is 4.13. The smallest absolute Gasteiger partial charge is 0.125 e. The van der Waals surface area contributed by atoms with Gasteiger partial charge in [0.05, 0.1) is 26.4 Å². The summed E-state index contributed by atoms with van der Waals surface area (Å²) in [5, 5.41) is 0. The standard InChI is InChI=1S/C30H44N2O4/c1-23-19-27(20-24(2)29(23)35-17-11-31-7-13-33-14-8-31)5-6-28-21-25(3)30(26(4)22-28)36-18-12-32-9-15-34-16-10-32/h19-22H,5-18H2,1-4H3. The van der Waals surface area contributed by atoms with Crippen molar-refractivity contribution in [2.45, 2.75) is 40.5 Å². The Morgan fingerprint density at radius 1 is 0.583 bits per heavy atom. The lowest BCUT2D eigenvalue weighted by atomic mass is 9.97. The summed E-state index contributed by atoms with van der Waals surface area (Å²) in [5.41, 5.74) is 7.64. The molecule has 36 heavy (non-hydrogen) atoms. The summed E-state index contributed by atoms with van der Waals surface area (Å²) in [4.78, 5) is 4.82. The molecular formula is C30H44N2O4. The number of hydrogen-bond acceptors (Lipinski definition) is 6. The van der Waals surface area contributed by atoms with Gasteiger partial charge in [-0.05, 0) is 73.9 Å². The van der Waals surface area contributed by atoms with Crippen molar-refractivity contribution >= 4 is 0 Å². The van der Waals surface area contributed by atoms with E-state index in [0.717, 1.165) is 103 Å². The molecular weight excluding hydrogens is 452 g/mol. The number of hydrogen-bond donors (Lipinski definition) is 0. The molecule has 4 rings (SSSR count). The Labute approximate surface area is 217 Å². The van der Waals surface area contributed by atoms with E-state index in [0.29, 0.717) is 0 Å². The van der Waals surface area contributed by atoms with Gasteiger partial charge in [-0.3, -0.25) is 9.80 Å². The fraction of sp³-hybridized carbons (Fsp3) is 0.600. The fourth-order valence-electron chi connectivity index (χ4n) is 5.32. The molecule has 0 aromatic heterocycles. The van der Waals surface area contributed by atoms with Crippen LogP contribution in [0.4, 0.5) is 0 Å². The summed E-state index contributed by atoms with van der Waals surface area (Å²) in [5.74, 6) is 2.08. The maximum atomic E-state index is 6.20. The lowest BCUT2D eigenvalue weighted by molar-refractivity contribution is 0.0321. The number of ether oxygens (including phenoxy) is 4. The van der Waals surface area contributed by atoms with Gasteiger partial charge in [0.1, 0.15) is 24.7 Å². The van der Waals surface area contributed by atoms with Crippen LogP contribution in [0.2, 0.25) is 0 Å². The highest BCUT2D eigenvalue weighted by Gasteiger charge is 2.14. The van der Waals surface area contributed by atoms with Crippen LogP contribution < -0.4 is 9.47 Å². The van der Waals surface area contributed by atoms with Crippen molar-refractivity contribution in [1.82, 2.24) is 9.80 Å². The van der Waals surface area contributed by atoms with Gasteiger partial charge in [0.2, 0.25) is 0 Å². The van der Waals surface area contributed by atoms with Gasteiger partial charge in [0, 0.05) is 39.3 Å². The lowest BCUT2D eigenvalue weighted by Crippen LogP contribution is -2.38. The molecule has 0 amide bonds. The molecule has 0 saturated carbocycles. The van der Waals surface area contributed by atoms with Gasteiger partial charge in [-0.25, -0.2) is 0 Å². The quantitative estimate of drug-likeness (QED) is 0.466. The monoisotopic (exact) mass is 496 g/mol. The van der Waals surface area contributed by atoms with E-state index in [2.05, 4.69) is 61.8 Å². The maximum Gasteiger partial charge on any atom is 0.125 e. The minimum Gasteiger partial charge on any atom is -0.492 e. The number of aryl methyl sites for hydroxylation is 6. The van der Waals surface area contributed by atoms with Crippen LogP contribution in [0.3, 0.4) is 0 Å². The van der Waals surface area contributed by atoms with E-state index in [9.17, 15) is 0 Å². The average Bonchev–Trinajstić information content (AvgIpc) is 2.87. The molecule has 0 spiro atoms. The zero-order valence-electron chi connectivity index (χ0n) is 22.7. The Hall–Kier alpha value is -2.12. The molecule has 2 aliphatic rings. The van der Waals surface area contributed by atoms with Gasteiger partial charge in [0.25, 0.3) is 0 Å². The summed E-state index contributed by atoms with van der Waals surface area (Å²) in [7, 11) is 0. The van der Waals surface area contributed by atoms with Crippen LogP contribution >= 0.6 is 0 Å². The summed E-state index contributed by atoms with van der Waals surface area (Å²) < 4.78 is 23.3. The maximum absolute atomic E-state index is 6.20. The number of benzene rings is 2. The van der Waals surface area contributed by atoms with Crippen molar-refractivity contribution in [2.75, 3.05) is 78.9 Å². The normalized spacial score (nSPS) is 17.3. The molecule has 0 unspecified atom stereocenters. The molecule has 2 saturated heterocycles. The predicted molar refractivity (Wildman–Crippen MR) is 145 cm³/mol. The van der Waals surface area contributed by atoms with Gasteiger partial charge in [0.15, 0.2) is 0 Å². The third-order valence-corrected chi connectivity index (χ3v) is 7.26. The second kappa shape index (κ2) is 13.4. The Morgan fingerprint density at radius 2 is 0.917 bits per heavy atom. The molecule has 2 heterocycles. The van der Waals surface area contributed by atoms with E-state index in [1.807, 2.05) is 0 Å². The van der Waals surface area contributed by atoms with Gasteiger partial charge < -0.3 is 18.9 Å². The Balaban J connectivity index is 1.27. The second-order valence-electron chi connectivity index (χ2n) is 10.2. The molecule has 0 atom stereocenters. The van der Waals surface area contributed by atoms with E-state index < -0.39 is 0 Å². The topological polar surface area (TPSA) is 43.4 Å². The van der Waals surface area contributed by atoms with Gasteiger partial charge in [-0.2, -0.15) is 0 Å². The van der Waals surface area contributed by atoms with Gasteiger partial charge in [-0.1, -0.05) is 24.3 Å². The molecule has 198 valence electrons. The molecule has 6 heteroatoms. The summed E-state index contributed by atoms with van der Waals surface area (Å²) in [6.45, 7) is 19.3. The first-order valence-electron chi connectivity index (χ1n) is 13.6. The zero-order chi connectivity index (χ0) is 25.3. The number of morpholine rings is 2. The van der Waals surface area contributed by atoms with Crippen molar-refractivity contribution in [3.8, 4) is 11.5 Å². The molecule has 2 aliphatic heterocycles. The molecule has 0 aliphatic carbocycles. The van der Waals surface area contributed by atoms with Crippen LogP contribution in [0.25, 0.3) is 0 Å². The van der Waals surface area contributed by atoms with Crippen LogP contribution in [-0.4, -0.2) is 88.7 Å².